The fraction of sp³-hybridized carbons (Fsp3) is 0.522. The number of amides is 1. The fourth-order valence-corrected chi connectivity index (χ4v) is 6.12. The van der Waals surface area contributed by atoms with E-state index in [0.29, 0.717) is 19.0 Å². The van der Waals surface area contributed by atoms with Crippen LogP contribution in [0.25, 0.3) is 5.57 Å². The van der Waals surface area contributed by atoms with Crippen molar-refractivity contribution in [1.82, 2.24) is 9.80 Å². The first-order valence-electron chi connectivity index (χ1n) is 10.9. The average molecular weight is 472 g/mol. The van der Waals surface area contributed by atoms with Gasteiger partial charge in [0.2, 0.25) is 0 Å². The summed E-state index contributed by atoms with van der Waals surface area (Å²) >= 11 is 0. The lowest BCUT2D eigenvalue weighted by atomic mass is 9.76. The summed E-state index contributed by atoms with van der Waals surface area (Å²) in [6.07, 6.45) is -5.12. The zero-order valence-corrected chi connectivity index (χ0v) is 17.5. The minimum Gasteiger partial charge on any atom is -0.465 e. The van der Waals surface area contributed by atoms with E-state index in [-0.39, 0.29) is 47.7 Å². The Morgan fingerprint density at radius 1 is 1.03 bits per heavy atom. The number of rotatable bonds is 1. The summed E-state index contributed by atoms with van der Waals surface area (Å²) in [6.45, 7) is 1.54. The molecule has 3 fully saturated rings. The summed E-state index contributed by atoms with van der Waals surface area (Å²) in [5.41, 5.74) is -1.75. The second kappa shape index (κ2) is 7.51. The molecule has 0 saturated carbocycles. The van der Waals surface area contributed by atoms with Crippen molar-refractivity contribution in [3.05, 3.63) is 52.6 Å². The van der Waals surface area contributed by atoms with Crippen molar-refractivity contribution in [2.75, 3.05) is 19.6 Å². The number of hydrogen-bond acceptors (Lipinski definition) is 2. The van der Waals surface area contributed by atoms with E-state index in [2.05, 4.69) is 4.90 Å². The number of carboxylic acid groups (broad SMARTS) is 1. The molecule has 33 heavy (non-hydrogen) atoms. The van der Waals surface area contributed by atoms with E-state index in [9.17, 15) is 36.2 Å². The van der Waals surface area contributed by atoms with Gasteiger partial charge in [-0.25, -0.2) is 4.79 Å². The molecule has 1 N–H and O–H groups in total. The topological polar surface area (TPSA) is 43.8 Å². The van der Waals surface area contributed by atoms with Gasteiger partial charge in [-0.3, -0.25) is 4.90 Å². The maximum absolute atomic E-state index is 13.8. The average Bonchev–Trinajstić information content (AvgIpc) is 3.07. The standard InChI is InChI=1S/C23H22F6N2O2/c24-22(25,26)14-3-4-15(18(10-14)23(27,28)29)13-8-12-2-1-6-31-19-5-7-30(21(32)33)11-17(19)16(9-13)20(12)31/h3-4,8-10,12,17,19-20H,1-2,5-7,11H2,(H,32,33)/t12?,17-,19-,20?/m0/s1. The van der Waals surface area contributed by atoms with Crippen molar-refractivity contribution in [3.63, 3.8) is 0 Å². The smallest absolute Gasteiger partial charge is 0.417 e. The first kappa shape index (κ1) is 22.3. The van der Waals surface area contributed by atoms with Crippen molar-refractivity contribution >= 4 is 11.7 Å². The SMILES string of the molecule is O=C(O)N1CC[C@H]2[C@@H](C1)C1=CC(c3ccc(C(F)(F)F)cc3C(F)(F)F)=CC3CCCN2C13. The highest BCUT2D eigenvalue weighted by molar-refractivity contribution is 5.79. The number of benzene rings is 1. The molecule has 0 aromatic heterocycles. The number of piperidine rings is 2. The monoisotopic (exact) mass is 472 g/mol. The van der Waals surface area contributed by atoms with Crippen LogP contribution in [0.4, 0.5) is 31.1 Å². The van der Waals surface area contributed by atoms with E-state index in [1.807, 2.05) is 0 Å². The molecule has 4 atom stereocenters. The van der Waals surface area contributed by atoms with Gasteiger partial charge < -0.3 is 10.0 Å². The maximum atomic E-state index is 13.8. The molecule has 2 unspecified atom stereocenters. The molecule has 3 heterocycles. The Morgan fingerprint density at radius 2 is 1.79 bits per heavy atom. The van der Waals surface area contributed by atoms with Crippen LogP contribution in [0.3, 0.4) is 0 Å². The van der Waals surface area contributed by atoms with Gasteiger partial charge in [-0.2, -0.15) is 26.3 Å². The molecule has 1 aromatic rings. The van der Waals surface area contributed by atoms with Crippen molar-refractivity contribution in [2.24, 2.45) is 11.8 Å². The van der Waals surface area contributed by atoms with Gasteiger partial charge in [-0.15, -0.1) is 0 Å². The van der Waals surface area contributed by atoms with Gasteiger partial charge in [0.05, 0.1) is 11.1 Å². The third kappa shape index (κ3) is 3.72. The van der Waals surface area contributed by atoms with E-state index < -0.39 is 29.6 Å². The second-order valence-electron chi connectivity index (χ2n) is 9.20. The molecule has 1 aliphatic carbocycles. The summed E-state index contributed by atoms with van der Waals surface area (Å²) in [6, 6.07) is 1.91. The molecule has 4 nitrogen and oxygen atoms in total. The Bertz CT molecular complexity index is 1040. The molecule has 0 radical (unpaired) electrons. The maximum Gasteiger partial charge on any atom is 0.417 e. The van der Waals surface area contributed by atoms with E-state index in [1.165, 1.54) is 4.90 Å². The third-order valence-corrected chi connectivity index (χ3v) is 7.44. The van der Waals surface area contributed by atoms with Crippen LogP contribution < -0.4 is 0 Å². The molecular weight excluding hydrogens is 450 g/mol. The Kier molecular flexibility index (Phi) is 5.08. The van der Waals surface area contributed by atoms with E-state index in [0.717, 1.165) is 31.0 Å². The predicted molar refractivity (Wildman–Crippen MR) is 107 cm³/mol. The number of fused-ring (bicyclic) bond motifs is 3. The highest BCUT2D eigenvalue weighted by Gasteiger charge is 2.52. The minimum atomic E-state index is -4.95. The van der Waals surface area contributed by atoms with E-state index >= 15 is 0 Å². The molecule has 3 aliphatic heterocycles. The molecule has 3 saturated heterocycles. The summed E-state index contributed by atoms with van der Waals surface area (Å²) in [7, 11) is 0. The van der Waals surface area contributed by atoms with Crippen molar-refractivity contribution in [2.45, 2.75) is 43.7 Å². The highest BCUT2D eigenvalue weighted by Crippen LogP contribution is 2.50. The van der Waals surface area contributed by atoms with Gasteiger partial charge >= 0.3 is 18.4 Å². The Balaban J connectivity index is 1.60. The number of allylic oxidation sites excluding steroid dienone is 2. The first-order valence-corrected chi connectivity index (χ1v) is 10.9. The molecule has 10 heteroatoms. The zero-order chi connectivity index (χ0) is 23.7. The van der Waals surface area contributed by atoms with Gasteiger partial charge in [0.1, 0.15) is 0 Å². The number of alkyl halides is 6. The molecule has 0 bridgehead atoms. The van der Waals surface area contributed by atoms with Crippen LogP contribution in [-0.4, -0.2) is 52.7 Å². The summed E-state index contributed by atoms with van der Waals surface area (Å²) < 4.78 is 80.7. The van der Waals surface area contributed by atoms with Crippen LogP contribution in [0.1, 0.15) is 36.0 Å². The number of nitrogens with zero attached hydrogens (tertiary/aromatic N) is 2. The Morgan fingerprint density at radius 3 is 2.45 bits per heavy atom. The third-order valence-electron chi connectivity index (χ3n) is 7.44. The number of carbonyl (C=O) groups is 1. The Hall–Kier alpha value is -2.49. The highest BCUT2D eigenvalue weighted by atomic mass is 19.4. The second-order valence-corrected chi connectivity index (χ2v) is 9.20. The van der Waals surface area contributed by atoms with Crippen LogP contribution in [0.15, 0.2) is 35.9 Å². The minimum absolute atomic E-state index is 0.00929. The fourth-order valence-electron chi connectivity index (χ4n) is 6.12. The summed E-state index contributed by atoms with van der Waals surface area (Å²) in [5, 5.41) is 9.45. The van der Waals surface area contributed by atoms with E-state index in [1.54, 1.807) is 12.2 Å². The molecule has 178 valence electrons. The van der Waals surface area contributed by atoms with Crippen LogP contribution >= 0.6 is 0 Å². The number of hydrogen-bond donors (Lipinski definition) is 1. The molecule has 4 aliphatic rings. The van der Waals surface area contributed by atoms with Gasteiger partial charge in [0, 0.05) is 31.1 Å². The lowest BCUT2D eigenvalue weighted by molar-refractivity contribution is -0.143. The Labute approximate surface area is 186 Å². The zero-order valence-electron chi connectivity index (χ0n) is 17.5. The lowest BCUT2D eigenvalue weighted by Gasteiger charge is -2.41. The molecular formula is C23H22F6N2O2. The molecule has 1 amide bonds. The first-order chi connectivity index (χ1) is 15.4. The molecule has 5 rings (SSSR count). The van der Waals surface area contributed by atoms with Crippen molar-refractivity contribution in [3.8, 4) is 0 Å². The summed E-state index contributed by atoms with van der Waals surface area (Å²) in [4.78, 5) is 15.2. The van der Waals surface area contributed by atoms with Crippen LogP contribution in [0, 0.1) is 11.8 Å². The van der Waals surface area contributed by atoms with E-state index in [4.69, 9.17) is 0 Å². The number of halogens is 6. The molecule has 1 aromatic carbocycles. The van der Waals surface area contributed by atoms with Crippen LogP contribution in [0.2, 0.25) is 0 Å². The summed E-state index contributed by atoms with van der Waals surface area (Å²) in [5.74, 6) is -0.186. The van der Waals surface area contributed by atoms with Gasteiger partial charge in [-0.05, 0) is 60.6 Å². The molecule has 0 spiro atoms. The van der Waals surface area contributed by atoms with Crippen LogP contribution in [-0.2, 0) is 12.4 Å². The number of likely N-dealkylation sites (tertiary alicyclic amines) is 1. The van der Waals surface area contributed by atoms with Crippen molar-refractivity contribution in [1.29, 1.82) is 0 Å². The van der Waals surface area contributed by atoms with Gasteiger partial charge in [0.25, 0.3) is 0 Å². The van der Waals surface area contributed by atoms with Gasteiger partial charge in [0.15, 0.2) is 0 Å². The largest absolute Gasteiger partial charge is 0.465 e. The predicted octanol–water partition coefficient (Wildman–Crippen LogP) is 5.51. The van der Waals surface area contributed by atoms with Gasteiger partial charge in [-0.1, -0.05) is 18.2 Å². The normalized spacial score (nSPS) is 29.8. The van der Waals surface area contributed by atoms with Crippen LogP contribution in [0.5, 0.6) is 0 Å². The lowest BCUT2D eigenvalue weighted by Crippen LogP contribution is -2.50. The quantitative estimate of drug-likeness (QED) is 0.549. The van der Waals surface area contributed by atoms with Crippen molar-refractivity contribution < 1.29 is 36.2 Å².